The summed E-state index contributed by atoms with van der Waals surface area (Å²) in [6, 6.07) is 0. The van der Waals surface area contributed by atoms with Crippen LogP contribution in [0.3, 0.4) is 0 Å². The molecule has 0 radical (unpaired) electrons. The number of hydrogen-bond donors (Lipinski definition) is 1. The molecule has 1 aromatic heterocycles. The van der Waals surface area contributed by atoms with Gasteiger partial charge in [-0.3, -0.25) is 9.48 Å². The smallest absolute Gasteiger partial charge is 0.407 e. The van der Waals surface area contributed by atoms with Gasteiger partial charge in [-0.15, -0.1) is 0 Å². The third-order valence-corrected chi connectivity index (χ3v) is 2.38. The van der Waals surface area contributed by atoms with Gasteiger partial charge < -0.3 is 14.8 Å². The number of ether oxygens (including phenoxy) is 2. The summed E-state index contributed by atoms with van der Waals surface area (Å²) in [4.78, 5) is 22.9. The zero-order chi connectivity index (χ0) is 15.9. The molecule has 0 atom stereocenters. The van der Waals surface area contributed by atoms with E-state index in [1.165, 1.54) is 0 Å². The van der Waals surface area contributed by atoms with Crippen LogP contribution in [0.25, 0.3) is 0 Å². The normalized spacial score (nSPS) is 11.0. The first-order chi connectivity index (χ1) is 9.76. The maximum absolute atomic E-state index is 11.5. The Labute approximate surface area is 124 Å². The summed E-state index contributed by atoms with van der Waals surface area (Å²) in [5.41, 5.74) is 0.324. The molecule has 0 aliphatic carbocycles. The highest BCUT2D eigenvalue weighted by Crippen LogP contribution is 2.06. The molecule has 1 heterocycles. The Morgan fingerprint density at radius 3 is 2.67 bits per heavy atom. The van der Waals surface area contributed by atoms with Crippen molar-refractivity contribution in [3.05, 3.63) is 18.0 Å². The molecule has 0 aliphatic rings. The first kappa shape index (κ1) is 17.0. The number of carbonyl (C=O) groups excluding carboxylic acids is 2. The van der Waals surface area contributed by atoms with E-state index >= 15 is 0 Å². The van der Waals surface area contributed by atoms with Gasteiger partial charge in [0.25, 0.3) is 0 Å². The standard InChI is InChI=1S/C14H23N3O4/c1-14(2,3)21-13(19)15-7-5-6-12(18)20-10-11-8-16-17(4)9-11/h8-9H,5-7,10H2,1-4H3,(H,15,19). The minimum absolute atomic E-state index is 0.214. The number of esters is 1. The molecule has 0 unspecified atom stereocenters. The summed E-state index contributed by atoms with van der Waals surface area (Å²) in [6.07, 6.45) is 3.71. The first-order valence-electron chi connectivity index (χ1n) is 6.86. The van der Waals surface area contributed by atoms with Gasteiger partial charge in [0.1, 0.15) is 12.2 Å². The summed E-state index contributed by atoms with van der Waals surface area (Å²) < 4.78 is 11.8. The molecule has 0 aliphatic heterocycles. The van der Waals surface area contributed by atoms with Gasteiger partial charge in [0.15, 0.2) is 0 Å². The second kappa shape index (κ2) is 7.66. The third kappa shape index (κ3) is 7.96. The number of rotatable bonds is 6. The Morgan fingerprint density at radius 1 is 1.38 bits per heavy atom. The van der Waals surface area contributed by atoms with Crippen molar-refractivity contribution in [1.29, 1.82) is 0 Å². The molecule has 1 amide bonds. The van der Waals surface area contributed by atoms with E-state index in [-0.39, 0.29) is 19.0 Å². The van der Waals surface area contributed by atoms with E-state index in [1.807, 2.05) is 0 Å². The highest BCUT2D eigenvalue weighted by molar-refractivity contribution is 5.70. The number of hydrogen-bond acceptors (Lipinski definition) is 5. The highest BCUT2D eigenvalue weighted by Gasteiger charge is 2.15. The predicted octanol–water partition coefficient (Wildman–Crippen LogP) is 1.77. The van der Waals surface area contributed by atoms with Gasteiger partial charge in [-0.25, -0.2) is 4.79 Å². The number of nitrogens with zero attached hydrogens (tertiary/aromatic N) is 2. The lowest BCUT2D eigenvalue weighted by Crippen LogP contribution is -2.33. The zero-order valence-corrected chi connectivity index (χ0v) is 13.0. The Balaban J connectivity index is 2.09. The van der Waals surface area contributed by atoms with Crippen LogP contribution in [0, 0.1) is 0 Å². The van der Waals surface area contributed by atoms with Crippen LogP contribution in [-0.4, -0.2) is 34.0 Å². The minimum Gasteiger partial charge on any atom is -0.461 e. The van der Waals surface area contributed by atoms with Crippen molar-refractivity contribution in [2.75, 3.05) is 6.54 Å². The van der Waals surface area contributed by atoms with Crippen molar-refractivity contribution in [3.8, 4) is 0 Å². The van der Waals surface area contributed by atoms with E-state index in [9.17, 15) is 9.59 Å². The molecule has 1 N–H and O–H groups in total. The van der Waals surface area contributed by atoms with Crippen molar-refractivity contribution < 1.29 is 19.1 Å². The first-order valence-corrected chi connectivity index (χ1v) is 6.86. The van der Waals surface area contributed by atoms with Gasteiger partial charge in [-0.05, 0) is 27.2 Å². The summed E-state index contributed by atoms with van der Waals surface area (Å²) in [5.74, 6) is -0.301. The van der Waals surface area contributed by atoms with Gasteiger partial charge in [0.2, 0.25) is 0 Å². The molecule has 7 heteroatoms. The lowest BCUT2D eigenvalue weighted by Gasteiger charge is -2.19. The van der Waals surface area contributed by atoms with Crippen LogP contribution in [0.1, 0.15) is 39.2 Å². The Kier molecular flexibility index (Phi) is 6.20. The van der Waals surface area contributed by atoms with Gasteiger partial charge in [0, 0.05) is 31.8 Å². The molecule has 0 saturated heterocycles. The monoisotopic (exact) mass is 297 g/mol. The number of alkyl carbamates (subject to hydrolysis) is 1. The molecule has 0 fully saturated rings. The largest absolute Gasteiger partial charge is 0.461 e. The average Bonchev–Trinajstić information content (AvgIpc) is 2.76. The lowest BCUT2D eigenvalue weighted by molar-refractivity contribution is -0.145. The van der Waals surface area contributed by atoms with E-state index in [4.69, 9.17) is 9.47 Å². The van der Waals surface area contributed by atoms with Crippen LogP contribution < -0.4 is 5.32 Å². The number of nitrogens with one attached hydrogen (secondary N) is 1. The van der Waals surface area contributed by atoms with Crippen molar-refractivity contribution in [3.63, 3.8) is 0 Å². The molecule has 21 heavy (non-hydrogen) atoms. The fourth-order valence-corrected chi connectivity index (χ4v) is 1.52. The van der Waals surface area contributed by atoms with Crippen LogP contribution >= 0.6 is 0 Å². The number of aryl methyl sites for hydroxylation is 1. The van der Waals surface area contributed by atoms with E-state index in [1.54, 1.807) is 44.9 Å². The second-order valence-electron chi connectivity index (χ2n) is 5.72. The quantitative estimate of drug-likeness (QED) is 0.639. The van der Waals surface area contributed by atoms with Gasteiger partial charge >= 0.3 is 12.1 Å². The maximum Gasteiger partial charge on any atom is 0.407 e. The third-order valence-electron chi connectivity index (χ3n) is 2.38. The zero-order valence-electron chi connectivity index (χ0n) is 13.0. The van der Waals surface area contributed by atoms with Crippen molar-refractivity contribution in [2.45, 2.75) is 45.8 Å². The fraction of sp³-hybridized carbons (Fsp3) is 0.643. The molecule has 118 valence electrons. The number of aromatic nitrogens is 2. The van der Waals surface area contributed by atoms with Crippen molar-refractivity contribution in [1.82, 2.24) is 15.1 Å². The maximum atomic E-state index is 11.5. The number of amides is 1. The molecule has 0 bridgehead atoms. The number of carbonyl (C=O) groups is 2. The van der Waals surface area contributed by atoms with Gasteiger partial charge in [-0.2, -0.15) is 5.10 Å². The summed E-state index contributed by atoms with van der Waals surface area (Å²) in [5, 5.41) is 6.57. The minimum atomic E-state index is -0.521. The van der Waals surface area contributed by atoms with Crippen LogP contribution in [0.5, 0.6) is 0 Å². The van der Waals surface area contributed by atoms with E-state index in [0.717, 1.165) is 5.56 Å². The summed E-state index contributed by atoms with van der Waals surface area (Å²) in [7, 11) is 1.80. The lowest BCUT2D eigenvalue weighted by atomic mass is 10.2. The molecular weight excluding hydrogens is 274 g/mol. The van der Waals surface area contributed by atoms with Crippen LogP contribution in [0.4, 0.5) is 4.79 Å². The van der Waals surface area contributed by atoms with Gasteiger partial charge in [-0.1, -0.05) is 0 Å². The van der Waals surface area contributed by atoms with E-state index in [0.29, 0.717) is 13.0 Å². The SMILES string of the molecule is Cn1cc(COC(=O)CCCNC(=O)OC(C)(C)C)cn1. The molecule has 1 rings (SSSR count). The van der Waals surface area contributed by atoms with E-state index < -0.39 is 11.7 Å². The molecule has 7 nitrogen and oxygen atoms in total. The average molecular weight is 297 g/mol. The summed E-state index contributed by atoms with van der Waals surface area (Å²) in [6.45, 7) is 5.97. The molecule has 0 saturated carbocycles. The van der Waals surface area contributed by atoms with Crippen molar-refractivity contribution >= 4 is 12.1 Å². The molecule has 1 aromatic rings. The second-order valence-corrected chi connectivity index (χ2v) is 5.72. The van der Waals surface area contributed by atoms with E-state index in [2.05, 4.69) is 10.4 Å². The van der Waals surface area contributed by atoms with Crippen LogP contribution in [0.15, 0.2) is 12.4 Å². The fourth-order valence-electron chi connectivity index (χ4n) is 1.52. The topological polar surface area (TPSA) is 82.5 Å². The predicted molar refractivity (Wildman–Crippen MR) is 76.5 cm³/mol. The molecule has 0 aromatic carbocycles. The Bertz CT molecular complexity index is 477. The summed E-state index contributed by atoms with van der Waals surface area (Å²) >= 11 is 0. The molecular formula is C14H23N3O4. The molecule has 0 spiro atoms. The van der Waals surface area contributed by atoms with Gasteiger partial charge in [0.05, 0.1) is 6.20 Å². The van der Waals surface area contributed by atoms with Crippen LogP contribution in [0.2, 0.25) is 0 Å². The Hall–Kier alpha value is -2.05. The Morgan fingerprint density at radius 2 is 2.10 bits per heavy atom. The highest BCUT2D eigenvalue weighted by atomic mass is 16.6. The van der Waals surface area contributed by atoms with Crippen molar-refractivity contribution in [2.24, 2.45) is 7.05 Å². The van der Waals surface area contributed by atoms with Crippen LogP contribution in [-0.2, 0) is 27.9 Å².